The van der Waals surface area contributed by atoms with Crippen molar-refractivity contribution in [3.05, 3.63) is 59.2 Å². The van der Waals surface area contributed by atoms with Gasteiger partial charge in [-0.3, -0.25) is 0 Å². The SMILES string of the molecule is CC(C)(c1ccc(OC(=O)C(Cl)Cl)cc1F)C(C)(C)c1ccc(OC(=O)C(Cl)Cl)cc1F. The molecule has 0 heterocycles. The van der Waals surface area contributed by atoms with E-state index >= 15 is 0 Å². The predicted octanol–water partition coefficient (Wildman–Crippen LogP) is 6.64. The van der Waals surface area contributed by atoms with Gasteiger partial charge in [0.25, 0.3) is 0 Å². The lowest BCUT2D eigenvalue weighted by molar-refractivity contribution is -0.133. The second-order valence-electron chi connectivity index (χ2n) is 7.98. The molecule has 0 aromatic heterocycles. The highest BCUT2D eigenvalue weighted by Crippen LogP contribution is 2.46. The van der Waals surface area contributed by atoms with Gasteiger partial charge in [0, 0.05) is 23.0 Å². The minimum Gasteiger partial charge on any atom is -0.424 e. The van der Waals surface area contributed by atoms with E-state index in [4.69, 9.17) is 55.9 Å². The lowest BCUT2D eigenvalue weighted by atomic mass is 9.61. The van der Waals surface area contributed by atoms with Crippen LogP contribution >= 0.6 is 46.4 Å². The molecule has 0 saturated heterocycles. The Morgan fingerprint density at radius 3 is 1.28 bits per heavy atom. The van der Waals surface area contributed by atoms with Gasteiger partial charge >= 0.3 is 11.9 Å². The molecule has 32 heavy (non-hydrogen) atoms. The molecule has 0 atom stereocenters. The Balaban J connectivity index is 2.38. The molecule has 174 valence electrons. The number of halogens is 6. The van der Waals surface area contributed by atoms with E-state index in [2.05, 4.69) is 0 Å². The van der Waals surface area contributed by atoms with E-state index < -0.39 is 44.1 Å². The third kappa shape index (κ3) is 5.66. The monoisotopic (exact) mass is 526 g/mol. The summed E-state index contributed by atoms with van der Waals surface area (Å²) in [7, 11) is 0. The van der Waals surface area contributed by atoms with Crippen molar-refractivity contribution in [2.75, 3.05) is 0 Å². The van der Waals surface area contributed by atoms with Crippen LogP contribution < -0.4 is 9.47 Å². The molecule has 4 nitrogen and oxygen atoms in total. The summed E-state index contributed by atoms with van der Waals surface area (Å²) in [5.41, 5.74) is -1.34. The smallest absolute Gasteiger partial charge is 0.344 e. The predicted molar refractivity (Wildman–Crippen MR) is 121 cm³/mol. The van der Waals surface area contributed by atoms with Gasteiger partial charge in [-0.1, -0.05) is 86.2 Å². The van der Waals surface area contributed by atoms with Gasteiger partial charge in [-0.15, -0.1) is 0 Å². The summed E-state index contributed by atoms with van der Waals surface area (Å²) in [6, 6.07) is 7.78. The molecule has 0 bridgehead atoms. The zero-order valence-corrected chi connectivity index (χ0v) is 20.5. The average molecular weight is 528 g/mol. The van der Waals surface area contributed by atoms with E-state index in [1.807, 2.05) is 0 Å². The van der Waals surface area contributed by atoms with Crippen LogP contribution in [0.1, 0.15) is 38.8 Å². The number of carbonyl (C=O) groups excluding carboxylic acids is 2. The highest BCUT2D eigenvalue weighted by atomic mass is 35.5. The van der Waals surface area contributed by atoms with Crippen molar-refractivity contribution in [3.63, 3.8) is 0 Å². The molecule has 0 aliphatic rings. The summed E-state index contributed by atoms with van der Waals surface area (Å²) in [4.78, 5) is 20.2. The van der Waals surface area contributed by atoms with Crippen LogP contribution in [0.25, 0.3) is 0 Å². The van der Waals surface area contributed by atoms with Crippen LogP contribution in [0.2, 0.25) is 0 Å². The Kier molecular flexibility index (Phi) is 8.43. The van der Waals surface area contributed by atoms with Gasteiger partial charge in [0.05, 0.1) is 0 Å². The highest BCUT2D eigenvalue weighted by molar-refractivity contribution is 6.53. The van der Waals surface area contributed by atoms with Crippen LogP contribution in [-0.2, 0) is 20.4 Å². The number of esters is 2. The summed E-state index contributed by atoms with van der Waals surface area (Å²) < 4.78 is 39.8. The van der Waals surface area contributed by atoms with Crippen LogP contribution in [-0.4, -0.2) is 21.6 Å². The Morgan fingerprint density at radius 1 is 0.719 bits per heavy atom. The summed E-state index contributed by atoms with van der Waals surface area (Å²) >= 11 is 21.8. The van der Waals surface area contributed by atoms with Crippen molar-refractivity contribution in [3.8, 4) is 11.5 Å². The van der Waals surface area contributed by atoms with E-state index in [1.54, 1.807) is 27.7 Å². The van der Waals surface area contributed by atoms with Crippen LogP contribution in [0, 0.1) is 11.6 Å². The first-order chi connectivity index (χ1) is 14.7. The molecular weight excluding hydrogens is 508 g/mol. The summed E-state index contributed by atoms with van der Waals surface area (Å²) in [5.74, 6) is -3.31. The Bertz CT molecular complexity index is 941. The molecule has 0 saturated carbocycles. The summed E-state index contributed by atoms with van der Waals surface area (Å²) in [5, 5.41) is 0. The third-order valence-corrected chi connectivity index (χ3v) is 6.30. The lowest BCUT2D eigenvalue weighted by Gasteiger charge is -2.43. The molecule has 2 aromatic rings. The first kappa shape index (κ1) is 26.7. The normalized spacial score (nSPS) is 12.2. The Labute approximate surface area is 204 Å². The number of benzene rings is 2. The van der Waals surface area contributed by atoms with Crippen molar-refractivity contribution >= 4 is 58.3 Å². The van der Waals surface area contributed by atoms with Gasteiger partial charge in [0.1, 0.15) is 23.1 Å². The molecule has 0 N–H and O–H groups in total. The molecule has 2 rings (SSSR count). The zero-order chi connectivity index (χ0) is 24.4. The van der Waals surface area contributed by atoms with Gasteiger partial charge in [-0.25, -0.2) is 18.4 Å². The molecule has 10 heteroatoms. The highest BCUT2D eigenvalue weighted by Gasteiger charge is 2.43. The number of ether oxygens (including phenoxy) is 2. The Morgan fingerprint density at radius 2 is 1.03 bits per heavy atom. The first-order valence-corrected chi connectivity index (χ1v) is 11.0. The molecule has 0 aliphatic heterocycles. The first-order valence-electron chi connectivity index (χ1n) is 9.28. The fourth-order valence-electron chi connectivity index (χ4n) is 3.13. The van der Waals surface area contributed by atoms with Crippen LogP contribution in [0.4, 0.5) is 8.78 Å². The molecule has 0 spiro atoms. The molecule has 2 aromatic carbocycles. The third-order valence-electron chi connectivity index (χ3n) is 5.58. The fourth-order valence-corrected chi connectivity index (χ4v) is 3.31. The minimum absolute atomic E-state index is 0.0645. The van der Waals surface area contributed by atoms with Crippen molar-refractivity contribution in [2.45, 2.75) is 48.2 Å². The second-order valence-corrected chi connectivity index (χ2v) is 10.2. The maximum Gasteiger partial charge on any atom is 0.344 e. The van der Waals surface area contributed by atoms with Gasteiger partial charge < -0.3 is 9.47 Å². The van der Waals surface area contributed by atoms with Crippen LogP contribution in [0.15, 0.2) is 36.4 Å². The number of carbonyl (C=O) groups is 2. The quantitative estimate of drug-likeness (QED) is 0.230. The number of hydrogen-bond acceptors (Lipinski definition) is 4. The van der Waals surface area contributed by atoms with E-state index in [0.717, 1.165) is 12.1 Å². The Hall–Kier alpha value is -1.60. The number of hydrogen-bond donors (Lipinski definition) is 0. The number of rotatable bonds is 7. The molecular formula is C22H20Cl4F2O4. The van der Waals surface area contributed by atoms with Gasteiger partial charge in [-0.2, -0.15) is 0 Å². The van der Waals surface area contributed by atoms with Crippen LogP contribution in [0.5, 0.6) is 11.5 Å². The molecule has 0 radical (unpaired) electrons. The summed E-state index contributed by atoms with van der Waals surface area (Å²) in [6.45, 7) is 7.01. The van der Waals surface area contributed by atoms with E-state index in [-0.39, 0.29) is 22.6 Å². The second kappa shape index (κ2) is 10.1. The molecule has 0 aliphatic carbocycles. The number of alkyl halides is 4. The van der Waals surface area contributed by atoms with Crippen molar-refractivity contribution in [2.24, 2.45) is 0 Å². The van der Waals surface area contributed by atoms with Gasteiger partial charge in [0.2, 0.25) is 9.67 Å². The van der Waals surface area contributed by atoms with Crippen molar-refractivity contribution in [1.29, 1.82) is 0 Å². The fraction of sp³-hybridized carbons (Fsp3) is 0.364. The van der Waals surface area contributed by atoms with Crippen LogP contribution in [0.3, 0.4) is 0 Å². The molecule has 0 amide bonds. The van der Waals surface area contributed by atoms with Crippen molar-refractivity contribution < 1.29 is 27.8 Å². The van der Waals surface area contributed by atoms with E-state index in [9.17, 15) is 18.4 Å². The maximum atomic E-state index is 15.0. The zero-order valence-electron chi connectivity index (χ0n) is 17.5. The maximum absolute atomic E-state index is 15.0. The topological polar surface area (TPSA) is 52.6 Å². The minimum atomic E-state index is -1.40. The van der Waals surface area contributed by atoms with E-state index in [1.165, 1.54) is 24.3 Å². The summed E-state index contributed by atoms with van der Waals surface area (Å²) in [6.07, 6.45) is 0. The van der Waals surface area contributed by atoms with Gasteiger partial charge in [-0.05, 0) is 23.3 Å². The van der Waals surface area contributed by atoms with E-state index in [0.29, 0.717) is 0 Å². The van der Waals surface area contributed by atoms with Crippen molar-refractivity contribution in [1.82, 2.24) is 0 Å². The average Bonchev–Trinajstić information content (AvgIpc) is 2.67. The molecule has 0 fully saturated rings. The van der Waals surface area contributed by atoms with Gasteiger partial charge in [0.15, 0.2) is 0 Å². The largest absolute Gasteiger partial charge is 0.424 e. The molecule has 0 unspecified atom stereocenters. The standard InChI is InChI=1S/C22H20Cl4F2O4/c1-21(2,13-7-5-11(9-15(13)27)31-19(29)17(23)24)22(3,4)14-8-6-12(10-16(14)28)32-20(30)18(25)26/h5-10,17-18H,1-4H3. The lowest BCUT2D eigenvalue weighted by Crippen LogP contribution is -2.41.